The van der Waals surface area contributed by atoms with Gasteiger partial charge in [-0.15, -0.1) is 0 Å². The zero-order valence-electron chi connectivity index (χ0n) is 21.5. The van der Waals surface area contributed by atoms with E-state index in [1.54, 1.807) is 4.40 Å². The largest absolute Gasteiger partial charge is 0.490 e. The Morgan fingerprint density at radius 3 is 2.43 bits per heavy atom. The van der Waals surface area contributed by atoms with Crippen LogP contribution in [-0.4, -0.2) is 29.2 Å². The van der Waals surface area contributed by atoms with Crippen LogP contribution in [0.3, 0.4) is 0 Å². The standard InChI is InChI=1S/C30H30N2O4S/c1-5-34-26-18-20(19-27-28(33)32-24-9-7-6-8-23(24)31-29(32)37-27)10-15-25(26)36-17-16-35-22-13-11-21(12-14-22)30(2,3)4/h6-15,18-19H,5,16-17H2,1-4H3/b27-19-. The van der Waals surface area contributed by atoms with E-state index in [0.29, 0.717) is 40.8 Å². The lowest BCUT2D eigenvalue weighted by molar-refractivity contribution is 0.208. The summed E-state index contributed by atoms with van der Waals surface area (Å²) in [5.74, 6) is 2.08. The molecule has 5 rings (SSSR count). The van der Waals surface area contributed by atoms with Crippen molar-refractivity contribution in [3.63, 3.8) is 0 Å². The molecule has 0 atom stereocenters. The van der Waals surface area contributed by atoms with Crippen molar-refractivity contribution in [1.82, 2.24) is 9.38 Å². The van der Waals surface area contributed by atoms with E-state index >= 15 is 0 Å². The molecule has 0 fully saturated rings. The van der Waals surface area contributed by atoms with Gasteiger partial charge in [0.05, 0.1) is 22.2 Å². The zero-order chi connectivity index (χ0) is 26.0. The van der Waals surface area contributed by atoms with Crippen LogP contribution in [0.1, 0.15) is 38.8 Å². The summed E-state index contributed by atoms with van der Waals surface area (Å²) >= 11 is 1.38. The van der Waals surface area contributed by atoms with E-state index in [1.807, 2.05) is 67.6 Å². The number of hydrogen-bond acceptors (Lipinski definition) is 6. The van der Waals surface area contributed by atoms with Crippen LogP contribution in [0.15, 0.2) is 71.5 Å². The Bertz CT molecular complexity index is 1650. The molecule has 0 saturated heterocycles. The first-order valence-corrected chi connectivity index (χ1v) is 13.2. The van der Waals surface area contributed by atoms with Gasteiger partial charge in [-0.05, 0) is 65.9 Å². The molecule has 0 aliphatic carbocycles. The Morgan fingerprint density at radius 2 is 1.68 bits per heavy atom. The maximum atomic E-state index is 13.1. The maximum Gasteiger partial charge on any atom is 0.274 e. The first-order valence-electron chi connectivity index (χ1n) is 12.4. The highest BCUT2D eigenvalue weighted by molar-refractivity contribution is 7.15. The number of nitrogens with zero attached hydrogens (tertiary/aromatic N) is 2. The number of fused-ring (bicyclic) bond motifs is 3. The van der Waals surface area contributed by atoms with Gasteiger partial charge in [0.25, 0.3) is 5.56 Å². The average Bonchev–Trinajstić information content (AvgIpc) is 3.38. The van der Waals surface area contributed by atoms with Gasteiger partial charge in [0.1, 0.15) is 19.0 Å². The summed E-state index contributed by atoms with van der Waals surface area (Å²) in [4.78, 5) is 18.3. The van der Waals surface area contributed by atoms with Crippen LogP contribution in [-0.2, 0) is 5.41 Å². The van der Waals surface area contributed by atoms with E-state index < -0.39 is 0 Å². The van der Waals surface area contributed by atoms with E-state index in [9.17, 15) is 4.79 Å². The summed E-state index contributed by atoms with van der Waals surface area (Å²) in [6, 6.07) is 21.5. The number of ether oxygens (including phenoxy) is 3. The Hall–Kier alpha value is -3.84. The van der Waals surface area contributed by atoms with Gasteiger partial charge < -0.3 is 14.2 Å². The van der Waals surface area contributed by atoms with E-state index in [0.717, 1.165) is 22.3 Å². The fourth-order valence-electron chi connectivity index (χ4n) is 4.13. The van der Waals surface area contributed by atoms with Gasteiger partial charge in [0.2, 0.25) is 0 Å². The highest BCUT2D eigenvalue weighted by Gasteiger charge is 2.14. The number of hydrogen-bond donors (Lipinski definition) is 0. The monoisotopic (exact) mass is 514 g/mol. The topological polar surface area (TPSA) is 62.1 Å². The van der Waals surface area contributed by atoms with Gasteiger partial charge in [0, 0.05) is 0 Å². The lowest BCUT2D eigenvalue weighted by atomic mass is 9.87. The molecule has 7 heteroatoms. The highest BCUT2D eigenvalue weighted by Crippen LogP contribution is 2.29. The SMILES string of the molecule is CCOc1cc(/C=c2\sc3nc4ccccc4n3c2=O)ccc1OCCOc1ccc(C(C)(C)C)cc1. The number of imidazole rings is 1. The minimum atomic E-state index is -0.0698. The quantitative estimate of drug-likeness (QED) is 0.252. The van der Waals surface area contributed by atoms with E-state index in [1.165, 1.54) is 16.9 Å². The summed E-state index contributed by atoms with van der Waals surface area (Å²) in [5, 5.41) is 0. The van der Waals surface area contributed by atoms with E-state index in [4.69, 9.17) is 14.2 Å². The lowest BCUT2D eigenvalue weighted by Gasteiger charge is -2.19. The summed E-state index contributed by atoms with van der Waals surface area (Å²) in [6.07, 6.45) is 1.87. The Kier molecular flexibility index (Phi) is 6.89. The summed E-state index contributed by atoms with van der Waals surface area (Å²) in [6.45, 7) is 9.80. The van der Waals surface area contributed by atoms with Crippen molar-refractivity contribution < 1.29 is 14.2 Å². The van der Waals surface area contributed by atoms with Crippen LogP contribution in [0.4, 0.5) is 0 Å². The first-order chi connectivity index (χ1) is 17.8. The predicted molar refractivity (Wildman–Crippen MR) is 149 cm³/mol. The average molecular weight is 515 g/mol. The smallest absolute Gasteiger partial charge is 0.274 e. The van der Waals surface area contributed by atoms with Gasteiger partial charge in [0.15, 0.2) is 16.5 Å². The number of para-hydroxylation sites is 2. The van der Waals surface area contributed by atoms with Crippen molar-refractivity contribution in [2.45, 2.75) is 33.1 Å². The van der Waals surface area contributed by atoms with Crippen molar-refractivity contribution >= 4 is 33.4 Å². The second-order valence-electron chi connectivity index (χ2n) is 9.74. The second-order valence-corrected chi connectivity index (χ2v) is 10.8. The van der Waals surface area contributed by atoms with Gasteiger partial charge in [-0.3, -0.25) is 4.79 Å². The third kappa shape index (κ3) is 5.32. The zero-order valence-corrected chi connectivity index (χ0v) is 22.3. The number of thiazole rings is 1. The maximum absolute atomic E-state index is 13.1. The number of rotatable bonds is 8. The minimum absolute atomic E-state index is 0.0698. The van der Waals surface area contributed by atoms with Gasteiger partial charge >= 0.3 is 0 Å². The van der Waals surface area contributed by atoms with Gasteiger partial charge in [-0.2, -0.15) is 0 Å². The Balaban J connectivity index is 1.30. The molecule has 0 N–H and O–H groups in total. The highest BCUT2D eigenvalue weighted by atomic mass is 32.1. The molecule has 0 radical (unpaired) electrons. The fourth-order valence-corrected chi connectivity index (χ4v) is 5.11. The van der Waals surface area contributed by atoms with Crippen molar-refractivity contribution in [3.05, 3.63) is 92.7 Å². The third-order valence-corrected chi connectivity index (χ3v) is 7.01. The molecule has 0 spiro atoms. The van der Waals surface area contributed by atoms with E-state index in [-0.39, 0.29) is 11.0 Å². The van der Waals surface area contributed by atoms with Crippen LogP contribution in [0.2, 0.25) is 0 Å². The van der Waals surface area contributed by atoms with Crippen LogP contribution in [0.5, 0.6) is 17.2 Å². The Morgan fingerprint density at radius 1 is 0.919 bits per heavy atom. The molecule has 0 aliphatic rings. The molecule has 2 heterocycles. The lowest BCUT2D eigenvalue weighted by Crippen LogP contribution is -2.22. The molecule has 0 aliphatic heterocycles. The van der Waals surface area contributed by atoms with E-state index in [2.05, 4.69) is 37.9 Å². The second kappa shape index (κ2) is 10.3. The van der Waals surface area contributed by atoms with Gasteiger partial charge in [-0.25, -0.2) is 9.38 Å². The molecule has 0 unspecified atom stereocenters. The summed E-state index contributed by atoms with van der Waals surface area (Å²) in [5.41, 5.74) is 3.81. The molecule has 2 aromatic heterocycles. The first kappa shape index (κ1) is 24.8. The molecule has 190 valence electrons. The Labute approximate surface area is 219 Å². The predicted octanol–water partition coefficient (Wildman–Crippen LogP) is 5.61. The third-order valence-electron chi connectivity index (χ3n) is 6.04. The summed E-state index contributed by atoms with van der Waals surface area (Å²) in [7, 11) is 0. The molecule has 3 aromatic carbocycles. The number of aromatic nitrogens is 2. The molecule has 37 heavy (non-hydrogen) atoms. The molecule has 0 amide bonds. The van der Waals surface area contributed by atoms with Crippen LogP contribution in [0.25, 0.3) is 22.1 Å². The number of benzene rings is 3. The normalized spacial score (nSPS) is 12.4. The fraction of sp³-hybridized carbons (Fsp3) is 0.267. The molecule has 0 saturated carbocycles. The van der Waals surface area contributed by atoms with Crippen molar-refractivity contribution in [2.75, 3.05) is 19.8 Å². The minimum Gasteiger partial charge on any atom is -0.490 e. The van der Waals surface area contributed by atoms with Crippen molar-refractivity contribution in [3.8, 4) is 17.2 Å². The summed E-state index contributed by atoms with van der Waals surface area (Å²) < 4.78 is 19.9. The van der Waals surface area contributed by atoms with Gasteiger partial charge in [-0.1, -0.05) is 62.4 Å². The van der Waals surface area contributed by atoms with Crippen molar-refractivity contribution in [1.29, 1.82) is 0 Å². The molecule has 5 aromatic rings. The van der Waals surface area contributed by atoms with Crippen LogP contribution < -0.4 is 24.3 Å². The van der Waals surface area contributed by atoms with Crippen molar-refractivity contribution in [2.24, 2.45) is 0 Å². The molecule has 0 bridgehead atoms. The van der Waals surface area contributed by atoms with Crippen LogP contribution in [0, 0.1) is 0 Å². The molecular weight excluding hydrogens is 484 g/mol. The molecular formula is C30H30N2O4S. The van der Waals surface area contributed by atoms with Crippen LogP contribution >= 0.6 is 11.3 Å². The molecule has 6 nitrogen and oxygen atoms in total.